The molecule has 0 aromatic rings. The second-order valence-corrected chi connectivity index (χ2v) is 1.45. The van der Waals surface area contributed by atoms with Crippen molar-refractivity contribution in [3.8, 4) is 0 Å². The van der Waals surface area contributed by atoms with Crippen LogP contribution in [0.25, 0.3) is 0 Å². The van der Waals surface area contributed by atoms with E-state index in [2.05, 4.69) is 6.58 Å². The fourth-order valence-corrected chi connectivity index (χ4v) is 0.287. The van der Waals surface area contributed by atoms with Gasteiger partial charge in [0.2, 0.25) is 0 Å². The predicted molar refractivity (Wildman–Crippen MR) is 27.1 cm³/mol. The van der Waals surface area contributed by atoms with E-state index in [0.717, 1.165) is 0 Å². The lowest BCUT2D eigenvalue weighted by molar-refractivity contribution is -0.116. The van der Waals surface area contributed by atoms with Crippen molar-refractivity contribution in [2.45, 2.75) is 13.3 Å². The van der Waals surface area contributed by atoms with Crippen LogP contribution in [-0.2, 0) is 4.79 Å². The van der Waals surface area contributed by atoms with Gasteiger partial charge in [-0.2, -0.15) is 0 Å². The smallest absolute Gasteiger partial charge is 0.299 e. The molecule has 0 aliphatic rings. The average molecular weight is 100 g/mol. The summed E-state index contributed by atoms with van der Waals surface area (Å²) in [4.78, 5) is 10.0. The minimum absolute atomic E-state index is 0.0625. The zero-order valence-corrected chi connectivity index (χ0v) is 4.27. The van der Waals surface area contributed by atoms with Gasteiger partial charge in [-0.25, -0.2) is 0 Å². The molecular weight excluding hydrogens is 92.1 g/mol. The Kier molecular flexibility index (Phi) is 2.12. The SMILES string of the molecule is C=C([OH+])CC(C)=O. The number of ketones is 1. The second kappa shape index (κ2) is 2.39. The van der Waals surface area contributed by atoms with E-state index in [1.165, 1.54) is 6.92 Å². The molecule has 39 valence electrons. The van der Waals surface area contributed by atoms with E-state index in [9.17, 15) is 4.79 Å². The van der Waals surface area contributed by atoms with Crippen molar-refractivity contribution in [1.82, 2.24) is 0 Å². The van der Waals surface area contributed by atoms with Crippen molar-refractivity contribution < 1.29 is 9.90 Å². The lowest BCUT2D eigenvalue weighted by atomic mass is 10.3. The quantitative estimate of drug-likeness (QED) is 0.384. The molecule has 0 aromatic heterocycles. The molecular formula is C5H8O2+. The molecule has 0 saturated heterocycles. The second-order valence-electron chi connectivity index (χ2n) is 1.45. The first-order valence-electron chi connectivity index (χ1n) is 1.99. The number of allylic oxidation sites excluding steroid dienone is 1. The highest BCUT2D eigenvalue weighted by Crippen LogP contribution is 1.89. The molecule has 7 heavy (non-hydrogen) atoms. The van der Waals surface area contributed by atoms with Gasteiger partial charge in [-0.3, -0.25) is 9.90 Å². The van der Waals surface area contributed by atoms with Crippen molar-refractivity contribution >= 4 is 5.78 Å². The molecule has 0 bridgehead atoms. The van der Waals surface area contributed by atoms with Crippen molar-refractivity contribution in [3.05, 3.63) is 12.3 Å². The summed E-state index contributed by atoms with van der Waals surface area (Å²) in [6.45, 7) is 4.53. The summed E-state index contributed by atoms with van der Waals surface area (Å²) in [6, 6.07) is 0. The number of carbonyl (C=O) groups excluding carboxylic acids is 1. The summed E-state index contributed by atoms with van der Waals surface area (Å²) in [5.74, 6) is -0.125. The first kappa shape index (κ1) is 6.21. The van der Waals surface area contributed by atoms with Crippen LogP contribution in [-0.4, -0.2) is 10.9 Å². The highest BCUT2D eigenvalue weighted by atomic mass is 16.3. The monoisotopic (exact) mass is 100 g/mol. The standard InChI is InChI=1S/C5H8O2/c1-4(6)3-5(2)7/h6H,1,3H2,2H3/q+1. The van der Waals surface area contributed by atoms with E-state index in [4.69, 9.17) is 5.11 Å². The first-order chi connectivity index (χ1) is 3.13. The van der Waals surface area contributed by atoms with Gasteiger partial charge in [0.05, 0.1) is 0 Å². The molecule has 0 amide bonds. The molecule has 0 fully saturated rings. The van der Waals surface area contributed by atoms with Gasteiger partial charge in [-0.1, -0.05) is 0 Å². The normalized spacial score (nSPS) is 8.14. The Labute approximate surface area is 42.5 Å². The predicted octanol–water partition coefficient (Wildman–Crippen LogP) is 1.04. The van der Waals surface area contributed by atoms with Gasteiger partial charge in [-0.15, -0.1) is 0 Å². The van der Waals surface area contributed by atoms with Gasteiger partial charge in [0.15, 0.2) is 0 Å². The van der Waals surface area contributed by atoms with E-state index in [0.29, 0.717) is 0 Å². The van der Waals surface area contributed by atoms with Crippen LogP contribution in [0.5, 0.6) is 0 Å². The molecule has 0 aliphatic heterocycles. The van der Waals surface area contributed by atoms with E-state index >= 15 is 0 Å². The van der Waals surface area contributed by atoms with Crippen LogP contribution in [0.3, 0.4) is 0 Å². The van der Waals surface area contributed by atoms with Crippen molar-refractivity contribution in [3.63, 3.8) is 0 Å². The molecule has 0 atom stereocenters. The molecule has 2 nitrogen and oxygen atoms in total. The van der Waals surface area contributed by atoms with Crippen LogP contribution >= 0.6 is 0 Å². The summed E-state index contributed by atoms with van der Waals surface area (Å²) < 4.78 is 0. The Morgan fingerprint density at radius 1 is 1.86 bits per heavy atom. The highest BCUT2D eigenvalue weighted by Gasteiger charge is 2.00. The van der Waals surface area contributed by atoms with E-state index in [-0.39, 0.29) is 18.0 Å². The molecule has 0 aliphatic carbocycles. The Balaban J connectivity index is 3.32. The number of hydrogen-bond donors (Lipinski definition) is 0. The van der Waals surface area contributed by atoms with Gasteiger partial charge in [0, 0.05) is 6.58 Å². The number of Topliss-reactive ketones (excluding diaryl/α,β-unsaturated/α-hetero) is 1. The van der Waals surface area contributed by atoms with E-state index in [1.54, 1.807) is 0 Å². The van der Waals surface area contributed by atoms with Gasteiger partial charge >= 0.3 is 5.76 Å². The summed E-state index contributed by atoms with van der Waals surface area (Å²) in [7, 11) is 0. The maximum atomic E-state index is 10.0. The third kappa shape index (κ3) is 5.21. The molecule has 0 spiro atoms. The molecule has 0 heterocycles. The molecule has 1 N–H and O–H groups in total. The van der Waals surface area contributed by atoms with Gasteiger partial charge < -0.3 is 0 Å². The molecule has 0 aromatic carbocycles. The summed E-state index contributed by atoms with van der Waals surface area (Å²) in [5.41, 5.74) is 0. The Bertz CT molecular complexity index is 82.3. The largest absolute Gasteiger partial charge is 0.316 e. The zero-order valence-electron chi connectivity index (χ0n) is 4.27. The Hall–Kier alpha value is -0.790. The minimum Gasteiger partial charge on any atom is -0.299 e. The lowest BCUT2D eigenvalue weighted by Crippen LogP contribution is -1.89. The van der Waals surface area contributed by atoms with Crippen LogP contribution < -0.4 is 0 Å². The van der Waals surface area contributed by atoms with Crippen LogP contribution in [0.2, 0.25) is 0 Å². The van der Waals surface area contributed by atoms with Crippen LogP contribution in [0.4, 0.5) is 0 Å². The van der Waals surface area contributed by atoms with Gasteiger partial charge in [-0.05, 0) is 6.92 Å². The third-order valence-electron chi connectivity index (χ3n) is 0.453. The van der Waals surface area contributed by atoms with Gasteiger partial charge in [0.25, 0.3) is 0 Å². The maximum Gasteiger partial charge on any atom is 0.316 e. The van der Waals surface area contributed by atoms with E-state index < -0.39 is 0 Å². The molecule has 0 rings (SSSR count). The first-order valence-corrected chi connectivity index (χ1v) is 1.99. The van der Waals surface area contributed by atoms with Gasteiger partial charge in [0.1, 0.15) is 12.2 Å². The van der Waals surface area contributed by atoms with Crippen molar-refractivity contribution in [2.24, 2.45) is 0 Å². The lowest BCUT2D eigenvalue weighted by Gasteiger charge is -1.77. The zero-order chi connectivity index (χ0) is 5.86. The van der Waals surface area contributed by atoms with Crippen molar-refractivity contribution in [2.75, 3.05) is 0 Å². The van der Waals surface area contributed by atoms with Crippen molar-refractivity contribution in [1.29, 1.82) is 0 Å². The topological polar surface area (TPSA) is 38.5 Å². The fraction of sp³-hybridized carbons (Fsp3) is 0.400. The minimum atomic E-state index is -0.0625. The third-order valence-corrected chi connectivity index (χ3v) is 0.453. The Morgan fingerprint density at radius 2 is 2.29 bits per heavy atom. The molecule has 0 saturated carbocycles. The van der Waals surface area contributed by atoms with E-state index in [1.807, 2.05) is 0 Å². The Morgan fingerprint density at radius 3 is 2.29 bits per heavy atom. The summed E-state index contributed by atoms with van der Waals surface area (Å²) >= 11 is 0. The van der Waals surface area contributed by atoms with Crippen LogP contribution in [0.1, 0.15) is 13.3 Å². The summed E-state index contributed by atoms with van der Waals surface area (Å²) in [6.07, 6.45) is 0.0833. The van der Waals surface area contributed by atoms with Crippen LogP contribution in [0, 0.1) is 0 Å². The maximum absolute atomic E-state index is 10.0. The number of aliphatic hydroxyl groups is 1. The number of hydrogen-bond acceptors (Lipinski definition) is 2. The molecule has 1 radical (unpaired) electrons. The highest BCUT2D eigenvalue weighted by molar-refractivity contribution is 5.77. The number of carbonyl (C=O) groups is 1. The fourth-order valence-electron chi connectivity index (χ4n) is 0.287. The van der Waals surface area contributed by atoms with Crippen LogP contribution in [0.15, 0.2) is 12.3 Å². The molecule has 0 unspecified atom stereocenters. The average Bonchev–Trinajstić information content (AvgIpc) is 1.27. The molecule has 2 heteroatoms. The summed E-state index contributed by atoms with van der Waals surface area (Å²) in [5, 5.41) is 8.31. The number of aliphatic hydroxyl groups excluding tert-OH is 1. The number of rotatable bonds is 2.